The fourth-order valence-corrected chi connectivity index (χ4v) is 3.33. The van der Waals surface area contributed by atoms with Crippen molar-refractivity contribution in [3.05, 3.63) is 50.6 Å². The molecular weight excluding hydrogens is 300 g/mol. The zero-order valence-corrected chi connectivity index (χ0v) is 11.8. The third kappa shape index (κ3) is 2.89. The molecule has 0 amide bonds. The van der Waals surface area contributed by atoms with Gasteiger partial charge in [0.2, 0.25) is 0 Å². The van der Waals surface area contributed by atoms with E-state index in [1.165, 1.54) is 0 Å². The number of thiophene rings is 1. The number of halogens is 1. The van der Waals surface area contributed by atoms with Gasteiger partial charge in [0.05, 0.1) is 13.2 Å². The molecule has 4 heteroatoms. The number of hydrogen-bond acceptors (Lipinski definition) is 3. The van der Waals surface area contributed by atoms with Crippen molar-refractivity contribution >= 4 is 27.3 Å². The Morgan fingerprint density at radius 3 is 2.76 bits per heavy atom. The maximum atomic E-state index is 10.2. The molecule has 1 N–H and O–H groups in total. The monoisotopic (exact) mass is 312 g/mol. The highest BCUT2D eigenvalue weighted by Gasteiger charge is 2.14. The topological polar surface area (TPSA) is 29.5 Å². The predicted molar refractivity (Wildman–Crippen MR) is 73.7 cm³/mol. The molecule has 0 bridgehead atoms. The molecule has 0 radical (unpaired) electrons. The Morgan fingerprint density at radius 2 is 2.12 bits per heavy atom. The van der Waals surface area contributed by atoms with E-state index in [1.807, 2.05) is 35.0 Å². The number of hydrogen-bond donors (Lipinski definition) is 1. The molecule has 0 aliphatic carbocycles. The lowest BCUT2D eigenvalue weighted by Crippen LogP contribution is -2.02. The summed E-state index contributed by atoms with van der Waals surface area (Å²) in [6.45, 7) is 0. The van der Waals surface area contributed by atoms with Crippen LogP contribution in [0.4, 0.5) is 0 Å². The third-order valence-electron chi connectivity index (χ3n) is 2.61. The number of rotatable bonds is 4. The Hall–Kier alpha value is -0.840. The molecule has 1 unspecified atom stereocenters. The van der Waals surface area contributed by atoms with Crippen molar-refractivity contribution in [3.8, 4) is 5.75 Å². The van der Waals surface area contributed by atoms with Gasteiger partial charge in [0, 0.05) is 21.8 Å². The summed E-state index contributed by atoms with van der Waals surface area (Å²) in [5.74, 6) is 0.818. The molecule has 1 atom stereocenters. The zero-order valence-electron chi connectivity index (χ0n) is 9.39. The Kier molecular flexibility index (Phi) is 4.20. The lowest BCUT2D eigenvalue weighted by atomic mass is 10.0. The van der Waals surface area contributed by atoms with E-state index in [9.17, 15) is 5.11 Å². The van der Waals surface area contributed by atoms with Crippen LogP contribution in [0.1, 0.15) is 17.2 Å². The molecule has 0 aliphatic heterocycles. The van der Waals surface area contributed by atoms with Gasteiger partial charge < -0.3 is 9.84 Å². The summed E-state index contributed by atoms with van der Waals surface area (Å²) in [6.07, 6.45) is 0.0474. The van der Waals surface area contributed by atoms with E-state index in [4.69, 9.17) is 4.74 Å². The fourth-order valence-electron chi connectivity index (χ4n) is 1.72. The molecule has 0 saturated heterocycles. The van der Waals surface area contributed by atoms with Crippen molar-refractivity contribution in [2.45, 2.75) is 12.5 Å². The van der Waals surface area contributed by atoms with Crippen LogP contribution in [-0.2, 0) is 6.42 Å². The summed E-state index contributed by atoms with van der Waals surface area (Å²) in [5, 5.41) is 14.1. The number of benzene rings is 1. The van der Waals surface area contributed by atoms with E-state index in [-0.39, 0.29) is 0 Å². The highest BCUT2D eigenvalue weighted by molar-refractivity contribution is 9.10. The zero-order chi connectivity index (χ0) is 12.3. The van der Waals surface area contributed by atoms with Crippen LogP contribution in [0.25, 0.3) is 0 Å². The largest absolute Gasteiger partial charge is 0.496 e. The van der Waals surface area contributed by atoms with E-state index in [0.29, 0.717) is 6.42 Å². The van der Waals surface area contributed by atoms with Crippen LogP contribution in [-0.4, -0.2) is 12.2 Å². The number of para-hydroxylation sites is 1. The number of methoxy groups -OCH3 is 1. The molecule has 1 heterocycles. The molecule has 0 saturated carbocycles. The molecule has 2 aromatic rings. The van der Waals surface area contributed by atoms with Crippen LogP contribution in [0, 0.1) is 0 Å². The van der Waals surface area contributed by atoms with Gasteiger partial charge in [-0.25, -0.2) is 0 Å². The van der Waals surface area contributed by atoms with Gasteiger partial charge >= 0.3 is 0 Å². The first-order chi connectivity index (χ1) is 8.22. The lowest BCUT2D eigenvalue weighted by molar-refractivity contribution is 0.177. The smallest absolute Gasteiger partial charge is 0.122 e. The van der Waals surface area contributed by atoms with E-state index < -0.39 is 6.10 Å². The second-order valence-electron chi connectivity index (χ2n) is 3.71. The predicted octanol–water partition coefficient (Wildman–Crippen LogP) is 3.80. The van der Waals surface area contributed by atoms with Crippen molar-refractivity contribution in [2.24, 2.45) is 0 Å². The SMILES string of the molecule is COc1ccccc1CC(O)c1cscc1Br. The summed E-state index contributed by atoms with van der Waals surface area (Å²) in [4.78, 5) is 0. The van der Waals surface area contributed by atoms with Gasteiger partial charge in [-0.3, -0.25) is 0 Å². The average Bonchev–Trinajstić information content (AvgIpc) is 2.76. The van der Waals surface area contributed by atoms with Crippen molar-refractivity contribution < 1.29 is 9.84 Å². The summed E-state index contributed by atoms with van der Waals surface area (Å²) in [7, 11) is 1.64. The summed E-state index contributed by atoms with van der Waals surface area (Å²) in [5.41, 5.74) is 1.95. The molecule has 17 heavy (non-hydrogen) atoms. The maximum Gasteiger partial charge on any atom is 0.122 e. The summed E-state index contributed by atoms with van der Waals surface area (Å²) < 4.78 is 6.24. The molecule has 0 fully saturated rings. The molecular formula is C13H13BrO2S. The van der Waals surface area contributed by atoms with Crippen LogP contribution in [0.5, 0.6) is 5.75 Å². The second-order valence-corrected chi connectivity index (χ2v) is 5.30. The van der Waals surface area contributed by atoms with Gasteiger partial charge in [-0.15, -0.1) is 0 Å². The van der Waals surface area contributed by atoms with Gasteiger partial charge in [0.25, 0.3) is 0 Å². The normalized spacial score (nSPS) is 12.4. The van der Waals surface area contributed by atoms with E-state index in [1.54, 1.807) is 18.4 Å². The first-order valence-corrected chi connectivity index (χ1v) is 6.97. The van der Waals surface area contributed by atoms with Crippen molar-refractivity contribution in [1.82, 2.24) is 0 Å². The fraction of sp³-hybridized carbons (Fsp3) is 0.231. The van der Waals surface area contributed by atoms with Crippen molar-refractivity contribution in [2.75, 3.05) is 7.11 Å². The Balaban J connectivity index is 2.18. The van der Waals surface area contributed by atoms with Crippen LogP contribution in [0.3, 0.4) is 0 Å². The number of ether oxygens (including phenoxy) is 1. The van der Waals surface area contributed by atoms with E-state index in [2.05, 4.69) is 15.9 Å². The maximum absolute atomic E-state index is 10.2. The molecule has 2 nitrogen and oxygen atoms in total. The van der Waals surface area contributed by atoms with Crippen molar-refractivity contribution in [3.63, 3.8) is 0 Å². The number of aliphatic hydroxyl groups is 1. The summed E-state index contributed by atoms with van der Waals surface area (Å²) >= 11 is 5.01. The minimum Gasteiger partial charge on any atom is -0.496 e. The molecule has 1 aromatic heterocycles. The molecule has 2 rings (SSSR count). The van der Waals surface area contributed by atoms with E-state index >= 15 is 0 Å². The second kappa shape index (κ2) is 5.67. The van der Waals surface area contributed by atoms with Gasteiger partial charge in [0.1, 0.15) is 5.75 Å². The van der Waals surface area contributed by atoms with Gasteiger partial charge in [-0.2, -0.15) is 11.3 Å². The number of aliphatic hydroxyl groups excluding tert-OH is 1. The first kappa shape index (κ1) is 12.6. The first-order valence-electron chi connectivity index (χ1n) is 5.24. The quantitative estimate of drug-likeness (QED) is 0.930. The minimum absolute atomic E-state index is 0.507. The Morgan fingerprint density at radius 1 is 1.35 bits per heavy atom. The average molecular weight is 313 g/mol. The van der Waals surface area contributed by atoms with Crippen LogP contribution in [0.2, 0.25) is 0 Å². The van der Waals surface area contributed by atoms with Crippen LogP contribution in [0.15, 0.2) is 39.5 Å². The molecule has 0 aliphatic rings. The Bertz CT molecular complexity index is 496. The Labute approximate surface area is 113 Å². The third-order valence-corrected chi connectivity index (χ3v) is 4.36. The molecule has 0 spiro atoms. The van der Waals surface area contributed by atoms with Crippen LogP contribution < -0.4 is 4.74 Å². The van der Waals surface area contributed by atoms with Crippen molar-refractivity contribution in [1.29, 1.82) is 0 Å². The van der Waals surface area contributed by atoms with Crippen LogP contribution >= 0.6 is 27.3 Å². The summed E-state index contributed by atoms with van der Waals surface area (Å²) in [6, 6.07) is 7.76. The van der Waals surface area contributed by atoms with Gasteiger partial charge in [0.15, 0.2) is 0 Å². The molecule has 90 valence electrons. The lowest BCUT2D eigenvalue weighted by Gasteiger charge is -2.13. The van der Waals surface area contributed by atoms with Gasteiger partial charge in [-0.05, 0) is 32.9 Å². The van der Waals surface area contributed by atoms with Gasteiger partial charge in [-0.1, -0.05) is 18.2 Å². The molecule has 1 aromatic carbocycles. The van der Waals surface area contributed by atoms with E-state index in [0.717, 1.165) is 21.3 Å². The highest BCUT2D eigenvalue weighted by Crippen LogP contribution is 2.31. The highest BCUT2D eigenvalue weighted by atomic mass is 79.9. The standard InChI is InChI=1S/C13H13BrO2S/c1-16-13-5-3-2-4-9(13)6-12(15)10-7-17-8-11(10)14/h2-5,7-8,12,15H,6H2,1H3. The minimum atomic E-state index is -0.507.